The van der Waals surface area contributed by atoms with E-state index in [1.165, 1.54) is 12.8 Å². The Morgan fingerprint density at radius 2 is 1.80 bits per heavy atom. The smallest absolute Gasteiger partial charge is 0.243 e. The number of benzene rings is 1. The van der Waals surface area contributed by atoms with Crippen LogP contribution in [-0.2, 0) is 16.6 Å². The fourth-order valence-electron chi connectivity index (χ4n) is 2.45. The fourth-order valence-corrected chi connectivity index (χ4v) is 4.15. The van der Waals surface area contributed by atoms with Crippen molar-refractivity contribution in [2.75, 3.05) is 6.54 Å². The standard InChI is InChI=1S/C15H22N2O2S/c1-2-17(14-7-8-14)20(18,19)15-9-3-12(4-10-15)11-16-13-5-6-13/h3-4,9-10,13-14,16H,2,5-8,11H2,1H3. The molecule has 1 N–H and O–H groups in total. The molecule has 2 aliphatic rings. The second-order valence-electron chi connectivity index (χ2n) is 5.74. The van der Waals surface area contributed by atoms with Crippen LogP contribution in [0, 0.1) is 0 Å². The first kappa shape index (κ1) is 14.0. The van der Waals surface area contributed by atoms with Crippen LogP contribution in [0.5, 0.6) is 0 Å². The van der Waals surface area contributed by atoms with Gasteiger partial charge in [-0.2, -0.15) is 4.31 Å². The third kappa shape index (κ3) is 3.05. The summed E-state index contributed by atoms with van der Waals surface area (Å²) >= 11 is 0. The zero-order valence-corrected chi connectivity index (χ0v) is 12.7. The van der Waals surface area contributed by atoms with Crippen LogP contribution in [0.1, 0.15) is 38.2 Å². The second kappa shape index (κ2) is 5.47. The van der Waals surface area contributed by atoms with Crippen LogP contribution in [-0.4, -0.2) is 31.4 Å². The van der Waals surface area contributed by atoms with Crippen molar-refractivity contribution in [3.63, 3.8) is 0 Å². The molecule has 0 radical (unpaired) electrons. The molecule has 0 amide bonds. The lowest BCUT2D eigenvalue weighted by molar-refractivity contribution is 0.421. The lowest BCUT2D eigenvalue weighted by Crippen LogP contribution is -2.32. The summed E-state index contributed by atoms with van der Waals surface area (Å²) in [5.41, 5.74) is 1.14. The number of hydrogen-bond acceptors (Lipinski definition) is 3. The number of nitrogens with one attached hydrogen (secondary N) is 1. The monoisotopic (exact) mass is 294 g/mol. The molecule has 0 saturated heterocycles. The maximum absolute atomic E-state index is 12.5. The van der Waals surface area contributed by atoms with Gasteiger partial charge in [0.2, 0.25) is 10.0 Å². The highest BCUT2D eigenvalue weighted by Gasteiger charge is 2.36. The first-order valence-corrected chi connectivity index (χ1v) is 8.89. The molecule has 0 aliphatic heterocycles. The highest BCUT2D eigenvalue weighted by molar-refractivity contribution is 7.89. The molecule has 0 heterocycles. The van der Waals surface area contributed by atoms with Crippen LogP contribution in [0.3, 0.4) is 0 Å². The average molecular weight is 294 g/mol. The van der Waals surface area contributed by atoms with Crippen LogP contribution < -0.4 is 5.32 Å². The van der Waals surface area contributed by atoms with Gasteiger partial charge in [0.1, 0.15) is 0 Å². The molecule has 0 bridgehead atoms. The van der Waals surface area contributed by atoms with E-state index in [0.717, 1.165) is 24.9 Å². The van der Waals surface area contributed by atoms with Crippen molar-refractivity contribution in [3.05, 3.63) is 29.8 Å². The quantitative estimate of drug-likeness (QED) is 0.838. The van der Waals surface area contributed by atoms with Crippen LogP contribution >= 0.6 is 0 Å². The molecule has 0 atom stereocenters. The van der Waals surface area contributed by atoms with E-state index in [0.29, 0.717) is 17.5 Å². The molecule has 3 rings (SSSR count). The molecule has 2 fully saturated rings. The topological polar surface area (TPSA) is 49.4 Å². The fraction of sp³-hybridized carbons (Fsp3) is 0.600. The minimum Gasteiger partial charge on any atom is -0.310 e. The molecule has 0 aromatic heterocycles. The van der Waals surface area contributed by atoms with Gasteiger partial charge >= 0.3 is 0 Å². The van der Waals surface area contributed by atoms with Gasteiger partial charge in [-0.1, -0.05) is 19.1 Å². The average Bonchev–Trinajstić information content (AvgIpc) is 3.31. The van der Waals surface area contributed by atoms with Crippen molar-refractivity contribution in [1.29, 1.82) is 0 Å². The Kier molecular flexibility index (Phi) is 3.84. The summed E-state index contributed by atoms with van der Waals surface area (Å²) in [5, 5.41) is 3.43. The summed E-state index contributed by atoms with van der Waals surface area (Å²) in [7, 11) is -3.31. The zero-order valence-electron chi connectivity index (χ0n) is 11.9. The van der Waals surface area contributed by atoms with E-state index in [1.807, 2.05) is 19.1 Å². The van der Waals surface area contributed by atoms with Gasteiger partial charge in [-0.3, -0.25) is 0 Å². The summed E-state index contributed by atoms with van der Waals surface area (Å²) in [5.74, 6) is 0. The first-order chi connectivity index (χ1) is 9.61. The SMILES string of the molecule is CCN(C1CC1)S(=O)(=O)c1ccc(CNC2CC2)cc1. The van der Waals surface area contributed by atoms with Gasteiger partial charge in [0, 0.05) is 25.2 Å². The molecular weight excluding hydrogens is 272 g/mol. The predicted octanol–water partition coefficient (Wildman–Crippen LogP) is 2.11. The Balaban J connectivity index is 1.71. The largest absolute Gasteiger partial charge is 0.310 e. The highest BCUT2D eigenvalue weighted by Crippen LogP contribution is 2.31. The van der Waals surface area contributed by atoms with Gasteiger partial charge in [0.25, 0.3) is 0 Å². The normalized spacial score (nSPS) is 19.5. The molecule has 2 aliphatic carbocycles. The van der Waals surface area contributed by atoms with Gasteiger partial charge in [-0.15, -0.1) is 0 Å². The van der Waals surface area contributed by atoms with Crippen molar-refractivity contribution in [2.24, 2.45) is 0 Å². The van der Waals surface area contributed by atoms with Gasteiger partial charge in [0.15, 0.2) is 0 Å². The van der Waals surface area contributed by atoms with E-state index in [4.69, 9.17) is 0 Å². The highest BCUT2D eigenvalue weighted by atomic mass is 32.2. The summed E-state index contributed by atoms with van der Waals surface area (Å²) in [4.78, 5) is 0.418. The molecule has 2 saturated carbocycles. The third-order valence-corrected chi connectivity index (χ3v) is 6.01. The zero-order chi connectivity index (χ0) is 14.2. The van der Waals surface area contributed by atoms with E-state index in [9.17, 15) is 8.42 Å². The van der Waals surface area contributed by atoms with E-state index < -0.39 is 10.0 Å². The molecular formula is C15H22N2O2S. The van der Waals surface area contributed by atoms with Gasteiger partial charge in [-0.05, 0) is 43.4 Å². The molecule has 1 aromatic carbocycles. The minimum absolute atomic E-state index is 0.223. The van der Waals surface area contributed by atoms with Crippen molar-refractivity contribution in [2.45, 2.75) is 56.1 Å². The molecule has 0 unspecified atom stereocenters. The Labute approximate surface area is 121 Å². The maximum Gasteiger partial charge on any atom is 0.243 e. The van der Waals surface area contributed by atoms with E-state index in [1.54, 1.807) is 16.4 Å². The van der Waals surface area contributed by atoms with Crippen LogP contribution in [0.4, 0.5) is 0 Å². The summed E-state index contributed by atoms with van der Waals surface area (Å²) < 4.78 is 26.7. The number of hydrogen-bond donors (Lipinski definition) is 1. The van der Waals surface area contributed by atoms with Crippen molar-refractivity contribution in [1.82, 2.24) is 9.62 Å². The number of nitrogens with zero attached hydrogens (tertiary/aromatic N) is 1. The van der Waals surface area contributed by atoms with E-state index in [-0.39, 0.29) is 6.04 Å². The van der Waals surface area contributed by atoms with Gasteiger partial charge in [-0.25, -0.2) is 8.42 Å². The van der Waals surface area contributed by atoms with E-state index >= 15 is 0 Å². The second-order valence-corrected chi connectivity index (χ2v) is 7.63. The minimum atomic E-state index is -3.31. The summed E-state index contributed by atoms with van der Waals surface area (Å²) in [6, 6.07) is 8.21. The predicted molar refractivity (Wildman–Crippen MR) is 78.9 cm³/mol. The lowest BCUT2D eigenvalue weighted by Gasteiger charge is -2.20. The van der Waals surface area contributed by atoms with Gasteiger partial charge < -0.3 is 5.32 Å². The first-order valence-electron chi connectivity index (χ1n) is 7.45. The Morgan fingerprint density at radius 1 is 1.15 bits per heavy atom. The molecule has 110 valence electrons. The van der Waals surface area contributed by atoms with E-state index in [2.05, 4.69) is 5.32 Å². The van der Waals surface area contributed by atoms with Crippen LogP contribution in [0.2, 0.25) is 0 Å². The molecule has 20 heavy (non-hydrogen) atoms. The van der Waals surface area contributed by atoms with Crippen LogP contribution in [0.15, 0.2) is 29.2 Å². The summed E-state index contributed by atoms with van der Waals surface area (Å²) in [6.07, 6.45) is 4.52. The molecule has 4 nitrogen and oxygen atoms in total. The van der Waals surface area contributed by atoms with Crippen molar-refractivity contribution >= 4 is 10.0 Å². The van der Waals surface area contributed by atoms with Crippen molar-refractivity contribution in [3.8, 4) is 0 Å². The lowest BCUT2D eigenvalue weighted by atomic mass is 10.2. The molecule has 5 heteroatoms. The van der Waals surface area contributed by atoms with Crippen LogP contribution in [0.25, 0.3) is 0 Å². The number of rotatable bonds is 7. The van der Waals surface area contributed by atoms with Crippen molar-refractivity contribution < 1.29 is 8.42 Å². The molecule has 0 spiro atoms. The summed E-state index contributed by atoms with van der Waals surface area (Å²) in [6.45, 7) is 3.28. The maximum atomic E-state index is 12.5. The Hall–Kier alpha value is -0.910. The number of sulfonamides is 1. The Bertz CT molecular complexity index is 560. The van der Waals surface area contributed by atoms with Gasteiger partial charge in [0.05, 0.1) is 4.90 Å². The third-order valence-electron chi connectivity index (χ3n) is 3.97. The molecule has 1 aromatic rings. The Morgan fingerprint density at radius 3 is 2.30 bits per heavy atom.